The number of amides is 2. The summed E-state index contributed by atoms with van der Waals surface area (Å²) >= 11 is 0. The lowest BCUT2D eigenvalue weighted by atomic mass is 10.2. The second-order valence-electron chi connectivity index (χ2n) is 9.03. The summed E-state index contributed by atoms with van der Waals surface area (Å²) in [6.45, 7) is 5.99. The highest BCUT2D eigenvalue weighted by Gasteiger charge is 2.33. The van der Waals surface area contributed by atoms with Crippen LogP contribution in [-0.2, 0) is 19.6 Å². The van der Waals surface area contributed by atoms with Gasteiger partial charge in [-0.1, -0.05) is 6.07 Å². The lowest BCUT2D eigenvalue weighted by Gasteiger charge is -2.36. The minimum Gasteiger partial charge on any atom is -0.339 e. The van der Waals surface area contributed by atoms with E-state index >= 15 is 0 Å². The standard InChI is InChI=1S/C22H33N5O4S/c1-16-19(27-9-3-6-21(27)28)4-2-5-20(16)32(30,31)24-18(14-23)22(29)26-12-10-25(11-13-26)15-17-7-8-17/h2,4-5,17-18,24H,3,6-15,23H2,1H3/t18-/m0/s1. The van der Waals surface area contributed by atoms with Crippen LogP contribution >= 0.6 is 0 Å². The van der Waals surface area contributed by atoms with E-state index in [0.29, 0.717) is 37.3 Å². The molecule has 9 nitrogen and oxygen atoms in total. The number of hydrogen-bond donors (Lipinski definition) is 2. The van der Waals surface area contributed by atoms with Gasteiger partial charge in [0.1, 0.15) is 6.04 Å². The van der Waals surface area contributed by atoms with Gasteiger partial charge >= 0.3 is 0 Å². The molecule has 1 saturated carbocycles. The number of sulfonamides is 1. The first-order chi connectivity index (χ1) is 15.3. The highest BCUT2D eigenvalue weighted by atomic mass is 32.2. The number of nitrogens with two attached hydrogens (primary N) is 1. The summed E-state index contributed by atoms with van der Waals surface area (Å²) in [5, 5.41) is 0. The van der Waals surface area contributed by atoms with Gasteiger partial charge in [0.15, 0.2) is 0 Å². The number of nitrogens with one attached hydrogen (secondary N) is 1. The van der Waals surface area contributed by atoms with Crippen LogP contribution < -0.4 is 15.4 Å². The highest BCUT2D eigenvalue weighted by molar-refractivity contribution is 7.89. The summed E-state index contributed by atoms with van der Waals surface area (Å²) in [4.78, 5) is 31.0. The van der Waals surface area contributed by atoms with Crippen molar-refractivity contribution in [3.8, 4) is 0 Å². The molecule has 0 aromatic heterocycles. The molecular weight excluding hydrogens is 430 g/mol. The Hall–Kier alpha value is -2.01. The average Bonchev–Trinajstić information content (AvgIpc) is 3.49. The largest absolute Gasteiger partial charge is 0.339 e. The molecule has 176 valence electrons. The van der Waals surface area contributed by atoms with E-state index in [-0.39, 0.29) is 23.3 Å². The van der Waals surface area contributed by atoms with Gasteiger partial charge in [-0.2, -0.15) is 4.72 Å². The van der Waals surface area contributed by atoms with E-state index in [4.69, 9.17) is 5.73 Å². The fourth-order valence-corrected chi connectivity index (χ4v) is 6.04. The molecule has 32 heavy (non-hydrogen) atoms. The molecule has 0 unspecified atom stereocenters. The maximum Gasteiger partial charge on any atom is 0.242 e. The molecule has 1 atom stereocenters. The Kier molecular flexibility index (Phi) is 6.85. The zero-order chi connectivity index (χ0) is 22.9. The van der Waals surface area contributed by atoms with Gasteiger partial charge in [0.2, 0.25) is 21.8 Å². The first-order valence-corrected chi connectivity index (χ1v) is 12.9. The van der Waals surface area contributed by atoms with E-state index < -0.39 is 16.1 Å². The van der Waals surface area contributed by atoms with Crippen molar-refractivity contribution < 1.29 is 18.0 Å². The van der Waals surface area contributed by atoms with Crippen molar-refractivity contribution in [1.82, 2.24) is 14.5 Å². The Balaban J connectivity index is 1.44. The van der Waals surface area contributed by atoms with Crippen molar-refractivity contribution in [2.45, 2.75) is 43.5 Å². The molecule has 0 radical (unpaired) electrons. The molecular formula is C22H33N5O4S. The van der Waals surface area contributed by atoms with Crippen molar-refractivity contribution in [2.75, 3.05) is 50.7 Å². The minimum absolute atomic E-state index is 0.00792. The number of piperazine rings is 1. The van der Waals surface area contributed by atoms with Crippen LogP contribution in [0.3, 0.4) is 0 Å². The zero-order valence-corrected chi connectivity index (χ0v) is 19.4. The number of anilines is 1. The number of nitrogens with zero attached hydrogens (tertiary/aromatic N) is 3. The van der Waals surface area contributed by atoms with Crippen molar-refractivity contribution >= 4 is 27.5 Å². The SMILES string of the molecule is Cc1c(N2CCCC2=O)cccc1S(=O)(=O)N[C@@H](CN)C(=O)N1CCN(CC2CC2)CC1. The summed E-state index contributed by atoms with van der Waals surface area (Å²) in [5.74, 6) is 0.507. The molecule has 3 fully saturated rings. The molecule has 1 aromatic rings. The molecule has 0 spiro atoms. The van der Waals surface area contributed by atoms with Gasteiger partial charge in [-0.25, -0.2) is 8.42 Å². The van der Waals surface area contributed by atoms with Crippen molar-refractivity contribution in [3.63, 3.8) is 0 Å². The quantitative estimate of drug-likeness (QED) is 0.572. The van der Waals surface area contributed by atoms with Crippen molar-refractivity contribution in [3.05, 3.63) is 23.8 Å². The second-order valence-corrected chi connectivity index (χ2v) is 10.7. The monoisotopic (exact) mass is 463 g/mol. The van der Waals surface area contributed by atoms with E-state index in [0.717, 1.165) is 32.0 Å². The van der Waals surface area contributed by atoms with E-state index in [9.17, 15) is 18.0 Å². The van der Waals surface area contributed by atoms with E-state index in [1.54, 1.807) is 28.9 Å². The molecule has 4 rings (SSSR count). The first kappa shape index (κ1) is 23.2. The van der Waals surface area contributed by atoms with Crippen LogP contribution in [0.25, 0.3) is 0 Å². The van der Waals surface area contributed by atoms with Crippen molar-refractivity contribution in [1.29, 1.82) is 0 Å². The third kappa shape index (κ3) is 4.98. The summed E-state index contributed by atoms with van der Waals surface area (Å²) in [5.41, 5.74) is 6.90. The number of carbonyl (C=O) groups excluding carboxylic acids is 2. The maximum absolute atomic E-state index is 13.2. The molecule has 2 saturated heterocycles. The van der Waals surface area contributed by atoms with Gasteiger partial charge in [-0.15, -0.1) is 0 Å². The molecule has 2 amide bonds. The topological polar surface area (TPSA) is 116 Å². The molecule has 2 heterocycles. The molecule has 0 bridgehead atoms. The minimum atomic E-state index is -4.00. The van der Waals surface area contributed by atoms with Crippen LogP contribution in [0.2, 0.25) is 0 Å². The Morgan fingerprint density at radius 1 is 1.19 bits per heavy atom. The predicted octanol–water partition coefficient (Wildman–Crippen LogP) is 0.282. The first-order valence-electron chi connectivity index (χ1n) is 11.4. The third-order valence-electron chi connectivity index (χ3n) is 6.64. The molecule has 1 aromatic carbocycles. The fraction of sp³-hybridized carbons (Fsp3) is 0.636. The number of benzene rings is 1. The van der Waals surface area contributed by atoms with Crippen LogP contribution in [-0.4, -0.2) is 81.9 Å². The van der Waals surface area contributed by atoms with Gasteiger partial charge in [0.05, 0.1) is 4.90 Å². The van der Waals surface area contributed by atoms with Gasteiger partial charge in [0, 0.05) is 57.9 Å². The summed E-state index contributed by atoms with van der Waals surface area (Å²) < 4.78 is 28.9. The number of rotatable bonds is 8. The predicted molar refractivity (Wildman–Crippen MR) is 122 cm³/mol. The Morgan fingerprint density at radius 3 is 2.50 bits per heavy atom. The Morgan fingerprint density at radius 2 is 1.91 bits per heavy atom. The van der Waals surface area contributed by atoms with Crippen LogP contribution in [0.15, 0.2) is 23.1 Å². The van der Waals surface area contributed by atoms with Crippen LogP contribution in [0, 0.1) is 12.8 Å². The van der Waals surface area contributed by atoms with Crippen LogP contribution in [0.1, 0.15) is 31.2 Å². The zero-order valence-electron chi connectivity index (χ0n) is 18.6. The highest BCUT2D eigenvalue weighted by Crippen LogP contribution is 2.30. The summed E-state index contributed by atoms with van der Waals surface area (Å²) in [6.07, 6.45) is 3.81. The van der Waals surface area contributed by atoms with Gasteiger partial charge in [-0.05, 0) is 49.8 Å². The number of hydrogen-bond acceptors (Lipinski definition) is 6. The van der Waals surface area contributed by atoms with Gasteiger partial charge in [-0.3, -0.25) is 14.5 Å². The third-order valence-corrected chi connectivity index (χ3v) is 8.25. The average molecular weight is 464 g/mol. The number of carbonyl (C=O) groups is 2. The van der Waals surface area contributed by atoms with Crippen LogP contribution in [0.4, 0.5) is 5.69 Å². The molecule has 3 N–H and O–H groups in total. The lowest BCUT2D eigenvalue weighted by Crippen LogP contribution is -2.57. The fourth-order valence-electron chi connectivity index (χ4n) is 4.58. The molecule has 2 aliphatic heterocycles. The van der Waals surface area contributed by atoms with Crippen LogP contribution in [0.5, 0.6) is 0 Å². The molecule has 10 heteroatoms. The van der Waals surface area contributed by atoms with E-state index in [2.05, 4.69) is 9.62 Å². The summed E-state index contributed by atoms with van der Waals surface area (Å²) in [6, 6.07) is 3.85. The molecule has 1 aliphatic carbocycles. The van der Waals surface area contributed by atoms with E-state index in [1.807, 2.05) is 0 Å². The second kappa shape index (κ2) is 9.46. The lowest BCUT2D eigenvalue weighted by molar-refractivity contribution is -0.134. The van der Waals surface area contributed by atoms with Gasteiger partial charge < -0.3 is 15.5 Å². The smallest absolute Gasteiger partial charge is 0.242 e. The maximum atomic E-state index is 13.2. The van der Waals surface area contributed by atoms with Crippen molar-refractivity contribution in [2.24, 2.45) is 11.7 Å². The molecule has 3 aliphatic rings. The van der Waals surface area contributed by atoms with Gasteiger partial charge in [0.25, 0.3) is 0 Å². The Bertz CT molecular complexity index is 971. The normalized spacial score (nSPS) is 21.2. The van der Waals surface area contributed by atoms with E-state index in [1.165, 1.54) is 18.9 Å². The Labute approximate surface area is 190 Å². The summed E-state index contributed by atoms with van der Waals surface area (Å²) in [7, 11) is -4.00.